The molecule has 0 aromatic carbocycles. The Balaban J connectivity index is 1.72. The Kier molecular flexibility index (Phi) is 6.33. The fraction of sp³-hybridized carbons (Fsp3) is 0.667. The second-order valence-corrected chi connectivity index (χ2v) is 9.03. The van der Waals surface area contributed by atoms with Crippen molar-refractivity contribution in [2.45, 2.75) is 44.2 Å². The lowest BCUT2D eigenvalue weighted by atomic mass is 9.82. The summed E-state index contributed by atoms with van der Waals surface area (Å²) in [4.78, 5) is 19.6. The first-order valence-electron chi connectivity index (χ1n) is 9.43. The van der Waals surface area contributed by atoms with Gasteiger partial charge in [0.25, 0.3) is 0 Å². The largest absolute Gasteiger partial charge is 0.378 e. The summed E-state index contributed by atoms with van der Waals surface area (Å²) >= 11 is 0. The third-order valence-corrected chi connectivity index (χ3v) is 5.90. The van der Waals surface area contributed by atoms with Gasteiger partial charge in [-0.3, -0.25) is 4.79 Å². The van der Waals surface area contributed by atoms with E-state index < -0.39 is 15.6 Å². The van der Waals surface area contributed by atoms with Crippen LogP contribution >= 0.6 is 0 Å². The standard InChI is InChI=1S/C18H28N4O4S/c1-27(24,25)21-18(7-3-2-4-8-18)17(23)20-14-15-6-5-9-19-16(15)22-10-12-26-13-11-22/h5-6,9,21H,2-4,7-8,10-14H2,1H3,(H,20,23). The Bertz CT molecular complexity index is 756. The van der Waals surface area contributed by atoms with E-state index in [1.54, 1.807) is 6.20 Å². The summed E-state index contributed by atoms with van der Waals surface area (Å²) in [5.74, 6) is 0.583. The van der Waals surface area contributed by atoms with Gasteiger partial charge < -0.3 is 15.0 Å². The molecule has 0 spiro atoms. The highest BCUT2D eigenvalue weighted by molar-refractivity contribution is 7.88. The highest BCUT2D eigenvalue weighted by Gasteiger charge is 2.41. The molecule has 0 unspecified atom stereocenters. The molecule has 0 radical (unpaired) electrons. The van der Waals surface area contributed by atoms with Gasteiger partial charge in [-0.25, -0.2) is 13.4 Å². The van der Waals surface area contributed by atoms with Crippen LogP contribution in [-0.2, 0) is 26.1 Å². The minimum atomic E-state index is -3.48. The Morgan fingerprint density at radius 3 is 2.63 bits per heavy atom. The number of carbonyl (C=O) groups is 1. The summed E-state index contributed by atoms with van der Waals surface area (Å²) in [5, 5.41) is 2.95. The van der Waals surface area contributed by atoms with Crippen LogP contribution in [-0.4, -0.2) is 57.4 Å². The van der Waals surface area contributed by atoms with Crippen molar-refractivity contribution < 1.29 is 17.9 Å². The fourth-order valence-corrected chi connectivity index (χ4v) is 4.87. The fourth-order valence-electron chi connectivity index (χ4n) is 3.86. The number of morpholine rings is 1. The predicted octanol–water partition coefficient (Wildman–Crippen LogP) is 0.786. The van der Waals surface area contributed by atoms with Crippen LogP contribution in [0.2, 0.25) is 0 Å². The molecule has 3 rings (SSSR count). The predicted molar refractivity (Wildman–Crippen MR) is 103 cm³/mol. The number of rotatable bonds is 6. The number of anilines is 1. The monoisotopic (exact) mass is 396 g/mol. The van der Waals surface area contributed by atoms with Crippen molar-refractivity contribution in [2.75, 3.05) is 37.5 Å². The van der Waals surface area contributed by atoms with E-state index in [2.05, 4.69) is 19.9 Å². The van der Waals surface area contributed by atoms with Gasteiger partial charge in [0.05, 0.1) is 19.5 Å². The van der Waals surface area contributed by atoms with Gasteiger partial charge in [-0.2, -0.15) is 4.72 Å². The maximum absolute atomic E-state index is 13.0. The Hall–Kier alpha value is -1.71. The average Bonchev–Trinajstić information content (AvgIpc) is 2.66. The molecule has 150 valence electrons. The number of amides is 1. The molecule has 1 saturated heterocycles. The SMILES string of the molecule is CS(=O)(=O)NC1(C(=O)NCc2cccnc2N2CCOCC2)CCCCC1. The number of sulfonamides is 1. The molecule has 1 saturated carbocycles. The quantitative estimate of drug-likeness (QED) is 0.737. The lowest BCUT2D eigenvalue weighted by Crippen LogP contribution is -2.59. The molecule has 1 aliphatic carbocycles. The van der Waals surface area contributed by atoms with Crippen LogP contribution in [0.25, 0.3) is 0 Å². The summed E-state index contributed by atoms with van der Waals surface area (Å²) in [6.07, 6.45) is 6.58. The zero-order valence-electron chi connectivity index (χ0n) is 15.7. The topological polar surface area (TPSA) is 101 Å². The summed E-state index contributed by atoms with van der Waals surface area (Å²) < 4.78 is 31.6. The first-order valence-corrected chi connectivity index (χ1v) is 11.3. The Labute approximate surface area is 160 Å². The van der Waals surface area contributed by atoms with Crippen LogP contribution in [0, 0.1) is 0 Å². The smallest absolute Gasteiger partial charge is 0.241 e. The van der Waals surface area contributed by atoms with Gasteiger partial charge in [0.15, 0.2) is 0 Å². The van der Waals surface area contributed by atoms with Gasteiger partial charge in [0.2, 0.25) is 15.9 Å². The van der Waals surface area contributed by atoms with Gasteiger partial charge >= 0.3 is 0 Å². The molecule has 0 atom stereocenters. The molecule has 2 heterocycles. The lowest BCUT2D eigenvalue weighted by molar-refractivity contribution is -0.128. The zero-order valence-corrected chi connectivity index (χ0v) is 16.6. The Morgan fingerprint density at radius 1 is 1.26 bits per heavy atom. The normalized spacial score (nSPS) is 20.3. The minimum Gasteiger partial charge on any atom is -0.378 e. The number of pyridine rings is 1. The molecule has 2 N–H and O–H groups in total. The second kappa shape index (κ2) is 8.53. The molecular weight excluding hydrogens is 368 g/mol. The molecule has 27 heavy (non-hydrogen) atoms. The van der Waals surface area contributed by atoms with Crippen LogP contribution in [0.1, 0.15) is 37.7 Å². The minimum absolute atomic E-state index is 0.260. The molecule has 9 heteroatoms. The number of aromatic nitrogens is 1. The first-order chi connectivity index (χ1) is 12.9. The molecular formula is C18H28N4O4S. The van der Waals surface area contributed by atoms with Crippen LogP contribution in [0.4, 0.5) is 5.82 Å². The van der Waals surface area contributed by atoms with E-state index in [1.165, 1.54) is 0 Å². The average molecular weight is 397 g/mol. The third-order valence-electron chi connectivity index (χ3n) is 5.14. The van der Waals surface area contributed by atoms with Crippen LogP contribution in [0.15, 0.2) is 18.3 Å². The second-order valence-electron chi connectivity index (χ2n) is 7.29. The molecule has 8 nitrogen and oxygen atoms in total. The van der Waals surface area contributed by atoms with E-state index in [4.69, 9.17) is 4.74 Å². The highest BCUT2D eigenvalue weighted by Crippen LogP contribution is 2.29. The van der Waals surface area contributed by atoms with Gasteiger partial charge in [-0.05, 0) is 18.9 Å². The van der Waals surface area contributed by atoms with Crippen molar-refractivity contribution in [1.29, 1.82) is 0 Å². The van der Waals surface area contributed by atoms with Crippen LogP contribution in [0.3, 0.4) is 0 Å². The summed E-state index contributed by atoms with van der Waals surface area (Å²) in [6.45, 7) is 3.15. The molecule has 2 fully saturated rings. The number of carbonyl (C=O) groups excluding carboxylic acids is 1. The molecule has 1 aromatic heterocycles. The number of nitrogens with one attached hydrogen (secondary N) is 2. The van der Waals surface area contributed by atoms with Crippen LogP contribution < -0.4 is 14.9 Å². The molecule has 1 amide bonds. The molecule has 2 aliphatic rings. The van der Waals surface area contributed by atoms with E-state index in [1.807, 2.05) is 12.1 Å². The van der Waals surface area contributed by atoms with E-state index in [0.717, 1.165) is 50.0 Å². The van der Waals surface area contributed by atoms with Crippen molar-refractivity contribution in [3.05, 3.63) is 23.9 Å². The summed E-state index contributed by atoms with van der Waals surface area (Å²) in [7, 11) is -3.48. The maximum atomic E-state index is 13.0. The summed E-state index contributed by atoms with van der Waals surface area (Å²) in [6, 6.07) is 3.78. The van der Waals surface area contributed by atoms with Crippen molar-refractivity contribution in [3.63, 3.8) is 0 Å². The van der Waals surface area contributed by atoms with E-state index in [9.17, 15) is 13.2 Å². The van der Waals surface area contributed by atoms with Crippen LogP contribution in [0.5, 0.6) is 0 Å². The van der Waals surface area contributed by atoms with E-state index in [-0.39, 0.29) is 5.91 Å². The van der Waals surface area contributed by atoms with Crippen molar-refractivity contribution in [1.82, 2.24) is 15.0 Å². The molecule has 1 aliphatic heterocycles. The Morgan fingerprint density at radius 2 is 1.96 bits per heavy atom. The first kappa shape index (κ1) is 20.0. The van der Waals surface area contributed by atoms with Gasteiger partial charge in [0.1, 0.15) is 11.4 Å². The van der Waals surface area contributed by atoms with E-state index in [0.29, 0.717) is 32.6 Å². The van der Waals surface area contributed by atoms with Crippen molar-refractivity contribution in [2.24, 2.45) is 0 Å². The van der Waals surface area contributed by atoms with Gasteiger partial charge in [0, 0.05) is 31.4 Å². The van der Waals surface area contributed by atoms with Crippen molar-refractivity contribution >= 4 is 21.7 Å². The molecule has 1 aromatic rings. The number of hydrogen-bond donors (Lipinski definition) is 2. The number of hydrogen-bond acceptors (Lipinski definition) is 6. The summed E-state index contributed by atoms with van der Waals surface area (Å²) in [5.41, 5.74) is -0.134. The maximum Gasteiger partial charge on any atom is 0.241 e. The third kappa shape index (κ3) is 5.18. The van der Waals surface area contributed by atoms with E-state index >= 15 is 0 Å². The lowest BCUT2D eigenvalue weighted by Gasteiger charge is -2.36. The number of ether oxygens (including phenoxy) is 1. The van der Waals surface area contributed by atoms with Crippen molar-refractivity contribution in [3.8, 4) is 0 Å². The number of nitrogens with zero attached hydrogens (tertiary/aromatic N) is 2. The highest BCUT2D eigenvalue weighted by atomic mass is 32.2. The van der Waals surface area contributed by atoms with Gasteiger partial charge in [-0.1, -0.05) is 25.3 Å². The van der Waals surface area contributed by atoms with Gasteiger partial charge in [-0.15, -0.1) is 0 Å². The molecule has 0 bridgehead atoms. The zero-order chi connectivity index (χ0) is 19.3.